The molecule has 8 rings (SSSR count). The van der Waals surface area contributed by atoms with Crippen molar-refractivity contribution in [1.29, 1.82) is 10.5 Å². The minimum Gasteiger partial charge on any atom is -0.426 e. The number of carbonyl (C=O) groups excluding carboxylic acids is 2. The van der Waals surface area contributed by atoms with Gasteiger partial charge in [-0.05, 0) is 174 Å². The summed E-state index contributed by atoms with van der Waals surface area (Å²) in [6.45, 7) is 2.62. The molecule has 55 heavy (non-hydrogen) atoms. The monoisotopic (exact) mass is 750 g/mol. The predicted molar refractivity (Wildman–Crippen MR) is 206 cm³/mol. The number of benzene rings is 2. The molecular formula is C46H58N2O7. The van der Waals surface area contributed by atoms with Crippen LogP contribution in [0.1, 0.15) is 120 Å². The van der Waals surface area contributed by atoms with Crippen LogP contribution in [0, 0.1) is 64.1 Å². The smallest absolute Gasteiger partial charge is 0.314 e. The van der Waals surface area contributed by atoms with Gasteiger partial charge in [-0.25, -0.2) is 0 Å². The molecule has 0 radical (unpaired) electrons. The maximum absolute atomic E-state index is 12.5. The van der Waals surface area contributed by atoms with Gasteiger partial charge in [-0.15, -0.1) is 0 Å². The average Bonchev–Trinajstić information content (AvgIpc) is 4.19. The Morgan fingerprint density at radius 2 is 0.927 bits per heavy atom. The van der Waals surface area contributed by atoms with E-state index < -0.39 is 0 Å². The lowest BCUT2D eigenvalue weighted by atomic mass is 9.68. The van der Waals surface area contributed by atoms with Crippen molar-refractivity contribution < 1.29 is 33.3 Å². The summed E-state index contributed by atoms with van der Waals surface area (Å²) in [5, 5.41) is 17.7. The third-order valence-corrected chi connectivity index (χ3v) is 13.5. The fourth-order valence-corrected chi connectivity index (χ4v) is 9.85. The van der Waals surface area contributed by atoms with Crippen LogP contribution in [0.3, 0.4) is 0 Å². The summed E-state index contributed by atoms with van der Waals surface area (Å²) in [7, 11) is 0. The molecule has 0 amide bonds. The highest BCUT2D eigenvalue weighted by atomic mass is 16.6. The summed E-state index contributed by atoms with van der Waals surface area (Å²) in [6, 6.07) is 17.7. The lowest BCUT2D eigenvalue weighted by molar-refractivity contribution is -0.141. The molecule has 2 aromatic rings. The van der Waals surface area contributed by atoms with Gasteiger partial charge in [-0.2, -0.15) is 10.5 Å². The average molecular weight is 751 g/mol. The minimum absolute atomic E-state index is 0.00473. The Hall–Kier alpha value is -3.76. The van der Waals surface area contributed by atoms with Crippen LogP contribution in [-0.2, 0) is 23.8 Å². The molecule has 0 N–H and O–H groups in total. The molecule has 2 saturated heterocycles. The quantitative estimate of drug-likeness (QED) is 0.125. The molecule has 0 spiro atoms. The number of rotatable bonds is 11. The highest BCUT2D eigenvalue weighted by Gasteiger charge is 2.36. The van der Waals surface area contributed by atoms with Gasteiger partial charge < -0.3 is 23.7 Å². The number of ether oxygens (including phenoxy) is 5. The highest BCUT2D eigenvalue weighted by molar-refractivity contribution is 5.75. The van der Waals surface area contributed by atoms with Crippen LogP contribution in [0.2, 0.25) is 0 Å². The van der Waals surface area contributed by atoms with Crippen molar-refractivity contribution in [2.75, 3.05) is 19.8 Å². The van der Waals surface area contributed by atoms with Gasteiger partial charge in [-0.1, -0.05) is 12.8 Å². The molecule has 4 aliphatic carbocycles. The lowest BCUT2D eigenvalue weighted by Crippen LogP contribution is -2.31. The van der Waals surface area contributed by atoms with Crippen molar-refractivity contribution in [3.63, 3.8) is 0 Å². The van der Waals surface area contributed by atoms with Gasteiger partial charge >= 0.3 is 11.9 Å². The van der Waals surface area contributed by atoms with E-state index in [1.807, 2.05) is 0 Å². The summed E-state index contributed by atoms with van der Waals surface area (Å²) in [4.78, 5) is 24.9. The van der Waals surface area contributed by atoms with Crippen LogP contribution < -0.4 is 9.47 Å². The van der Waals surface area contributed by atoms with Crippen LogP contribution in [0.5, 0.6) is 11.5 Å². The number of hydrogen-bond acceptors (Lipinski definition) is 9. The van der Waals surface area contributed by atoms with Gasteiger partial charge in [-0.3, -0.25) is 9.59 Å². The summed E-state index contributed by atoms with van der Waals surface area (Å²) in [5.74, 6) is 4.94. The molecule has 2 aromatic carbocycles. The second kappa shape index (κ2) is 19.4. The number of esters is 2. The van der Waals surface area contributed by atoms with E-state index in [0.717, 1.165) is 114 Å². The third kappa shape index (κ3) is 11.9. The molecular weight excluding hydrogens is 693 g/mol. The lowest BCUT2D eigenvalue weighted by Gasteiger charge is -2.37. The van der Waals surface area contributed by atoms with Crippen LogP contribution in [-0.4, -0.2) is 50.1 Å². The molecule has 2 atom stereocenters. The van der Waals surface area contributed by atoms with E-state index in [4.69, 9.17) is 34.2 Å². The highest BCUT2D eigenvalue weighted by Crippen LogP contribution is 2.44. The normalized spacial score (nSPS) is 32.7. The van der Waals surface area contributed by atoms with Gasteiger partial charge in [0.2, 0.25) is 0 Å². The fourth-order valence-electron chi connectivity index (χ4n) is 9.85. The van der Waals surface area contributed by atoms with Crippen molar-refractivity contribution in [3.05, 3.63) is 59.7 Å². The van der Waals surface area contributed by atoms with E-state index in [9.17, 15) is 9.59 Å². The first-order valence-electron chi connectivity index (χ1n) is 21.2. The fraction of sp³-hybridized carbons (Fsp3) is 0.652. The molecule has 0 bridgehead atoms. The first kappa shape index (κ1) is 39.5. The SMILES string of the molecule is N#Cc1ccc(OC(=O)C2CCC(C3CCC(CC4CO4)CC3)CC2)cc1.N#Cc1ccc(OC(=O)C2CCC(C3CCC(OCC4CO4)CC3)CC2)cc1. The maximum Gasteiger partial charge on any atom is 0.314 e. The van der Waals surface area contributed by atoms with Gasteiger partial charge in [0.25, 0.3) is 0 Å². The number of hydrogen-bond donors (Lipinski definition) is 0. The molecule has 0 aromatic heterocycles. The number of carbonyl (C=O) groups is 2. The van der Waals surface area contributed by atoms with E-state index in [0.29, 0.717) is 40.9 Å². The molecule has 9 heteroatoms. The number of nitrogens with zero attached hydrogens (tertiary/aromatic N) is 2. The van der Waals surface area contributed by atoms with Crippen molar-refractivity contribution in [2.24, 2.45) is 41.4 Å². The Morgan fingerprint density at radius 3 is 1.31 bits per heavy atom. The molecule has 4 saturated carbocycles. The van der Waals surface area contributed by atoms with Gasteiger partial charge in [0.15, 0.2) is 0 Å². The van der Waals surface area contributed by atoms with Crippen molar-refractivity contribution in [3.8, 4) is 23.6 Å². The Balaban J connectivity index is 0.000000169. The minimum atomic E-state index is -0.123. The van der Waals surface area contributed by atoms with E-state index in [1.54, 1.807) is 48.5 Å². The predicted octanol–water partition coefficient (Wildman–Crippen LogP) is 9.11. The number of epoxide rings is 2. The zero-order valence-corrected chi connectivity index (χ0v) is 32.3. The van der Waals surface area contributed by atoms with Crippen LogP contribution in [0.25, 0.3) is 0 Å². The Kier molecular flexibility index (Phi) is 13.9. The van der Waals surface area contributed by atoms with Crippen LogP contribution >= 0.6 is 0 Å². The standard InChI is InChI=1S/C23H29NO4.C23H29NO3/c24-13-16-1-9-21(10-2-16)28-23(25)19-5-3-17(4-6-19)18-7-11-20(12-8-18)26-14-22-15-27-22;24-14-17-3-11-21(12-4-17)27-23(25)20-9-7-19(8-10-20)18-5-1-16(2-6-18)13-22-15-26-22/h1-2,9-10,17-20,22H,3-8,11-12,14-15H2;3-4,11-12,16,18-20,22H,1-2,5-10,13,15H2. The first-order chi connectivity index (χ1) is 26.9. The molecule has 2 unspecified atom stereocenters. The van der Waals surface area contributed by atoms with E-state index in [-0.39, 0.29) is 23.8 Å². The summed E-state index contributed by atoms with van der Waals surface area (Å²) in [5.41, 5.74) is 1.15. The zero-order valence-electron chi connectivity index (χ0n) is 32.3. The summed E-state index contributed by atoms with van der Waals surface area (Å²) < 4.78 is 27.6. The Labute approximate surface area is 327 Å². The Bertz CT molecular complexity index is 1610. The van der Waals surface area contributed by atoms with Crippen molar-refractivity contribution in [2.45, 2.75) is 127 Å². The van der Waals surface area contributed by atoms with E-state index >= 15 is 0 Å². The van der Waals surface area contributed by atoms with Crippen molar-refractivity contribution in [1.82, 2.24) is 0 Å². The Morgan fingerprint density at radius 1 is 0.545 bits per heavy atom. The van der Waals surface area contributed by atoms with E-state index in [2.05, 4.69) is 12.1 Å². The molecule has 6 fully saturated rings. The largest absolute Gasteiger partial charge is 0.426 e. The second-order valence-corrected chi connectivity index (χ2v) is 17.1. The van der Waals surface area contributed by atoms with Gasteiger partial charge in [0.05, 0.1) is 67.1 Å². The van der Waals surface area contributed by atoms with E-state index in [1.165, 1.54) is 44.9 Å². The molecule has 2 heterocycles. The molecule has 6 aliphatic rings. The topological polar surface area (TPSA) is 134 Å². The van der Waals surface area contributed by atoms with Crippen LogP contribution in [0.4, 0.5) is 0 Å². The number of nitriles is 2. The van der Waals surface area contributed by atoms with Crippen molar-refractivity contribution >= 4 is 11.9 Å². The summed E-state index contributed by atoms with van der Waals surface area (Å²) in [6.07, 6.45) is 21.2. The first-order valence-corrected chi connectivity index (χ1v) is 21.2. The second-order valence-electron chi connectivity index (χ2n) is 17.1. The molecule has 294 valence electrons. The van der Waals surface area contributed by atoms with Crippen LogP contribution in [0.15, 0.2) is 48.5 Å². The van der Waals surface area contributed by atoms with Gasteiger partial charge in [0.1, 0.15) is 17.6 Å². The third-order valence-electron chi connectivity index (χ3n) is 13.5. The molecule has 9 nitrogen and oxygen atoms in total. The molecule has 2 aliphatic heterocycles. The summed E-state index contributed by atoms with van der Waals surface area (Å²) >= 11 is 0. The maximum atomic E-state index is 12.5. The van der Waals surface area contributed by atoms with Gasteiger partial charge in [0, 0.05) is 0 Å². The zero-order chi connectivity index (χ0) is 38.0.